The van der Waals surface area contributed by atoms with Crippen LogP contribution in [0.1, 0.15) is 42.0 Å². The van der Waals surface area contributed by atoms with Gasteiger partial charge in [0.1, 0.15) is 5.76 Å². The Morgan fingerprint density at radius 2 is 2.08 bits per heavy atom. The number of hydrogen-bond donors (Lipinski definition) is 1. The number of aliphatic hydroxyl groups is 1. The standard InChI is InChI=1S/C19H24N2O4/c1-20(12-14-6-2-3-7-16(14)22)19(24)17-10-9-15(25-17)13-21-11-5-4-8-18(21)23/h4-5,8-11,14,16,22H,2-3,6-7,12-13H2,1H3. The first-order valence-electron chi connectivity index (χ1n) is 8.72. The van der Waals surface area contributed by atoms with Crippen molar-refractivity contribution in [3.63, 3.8) is 0 Å². The van der Waals surface area contributed by atoms with E-state index in [9.17, 15) is 14.7 Å². The van der Waals surface area contributed by atoms with Crippen LogP contribution >= 0.6 is 0 Å². The van der Waals surface area contributed by atoms with E-state index < -0.39 is 0 Å². The number of rotatable bonds is 5. The summed E-state index contributed by atoms with van der Waals surface area (Å²) in [5.74, 6) is 0.735. The average molecular weight is 344 g/mol. The molecule has 1 aliphatic carbocycles. The molecule has 0 spiro atoms. The molecule has 0 radical (unpaired) electrons. The molecule has 0 aromatic carbocycles. The number of furan rings is 1. The molecule has 1 amide bonds. The second-order valence-electron chi connectivity index (χ2n) is 6.73. The van der Waals surface area contributed by atoms with Gasteiger partial charge in [0.05, 0.1) is 12.6 Å². The zero-order valence-corrected chi connectivity index (χ0v) is 14.4. The first kappa shape index (κ1) is 17.5. The van der Waals surface area contributed by atoms with Crippen molar-refractivity contribution in [2.75, 3.05) is 13.6 Å². The normalized spacial score (nSPS) is 20.4. The van der Waals surface area contributed by atoms with Gasteiger partial charge in [0.15, 0.2) is 5.76 Å². The minimum atomic E-state index is -0.332. The Morgan fingerprint density at radius 1 is 1.28 bits per heavy atom. The molecule has 1 N–H and O–H groups in total. The van der Waals surface area contributed by atoms with Gasteiger partial charge in [-0.1, -0.05) is 18.9 Å². The fourth-order valence-corrected chi connectivity index (χ4v) is 3.36. The highest BCUT2D eigenvalue weighted by Gasteiger charge is 2.26. The summed E-state index contributed by atoms with van der Waals surface area (Å²) in [5, 5.41) is 10.1. The number of hydrogen-bond acceptors (Lipinski definition) is 4. The number of carbonyl (C=O) groups is 1. The summed E-state index contributed by atoms with van der Waals surface area (Å²) in [6.45, 7) is 0.812. The SMILES string of the molecule is CN(CC1CCCCC1O)C(=O)c1ccc(Cn2ccccc2=O)o1. The van der Waals surface area contributed by atoms with Crippen LogP contribution in [0.2, 0.25) is 0 Å². The Morgan fingerprint density at radius 3 is 2.84 bits per heavy atom. The van der Waals surface area contributed by atoms with E-state index in [1.54, 1.807) is 42.4 Å². The maximum Gasteiger partial charge on any atom is 0.289 e. The molecule has 2 aromatic heterocycles. The molecule has 25 heavy (non-hydrogen) atoms. The third kappa shape index (κ3) is 4.20. The van der Waals surface area contributed by atoms with Gasteiger partial charge in [0, 0.05) is 31.8 Å². The van der Waals surface area contributed by atoms with E-state index in [2.05, 4.69) is 0 Å². The summed E-state index contributed by atoms with van der Waals surface area (Å²) in [5.41, 5.74) is -0.116. The largest absolute Gasteiger partial charge is 0.454 e. The van der Waals surface area contributed by atoms with Gasteiger partial charge >= 0.3 is 0 Å². The predicted octanol–water partition coefficient (Wildman–Crippen LogP) is 2.11. The van der Waals surface area contributed by atoms with Gasteiger partial charge in [-0.25, -0.2) is 0 Å². The first-order valence-corrected chi connectivity index (χ1v) is 8.72. The second-order valence-corrected chi connectivity index (χ2v) is 6.73. The van der Waals surface area contributed by atoms with Crippen molar-refractivity contribution in [1.29, 1.82) is 0 Å². The van der Waals surface area contributed by atoms with Crippen molar-refractivity contribution in [3.05, 3.63) is 58.4 Å². The zero-order valence-electron chi connectivity index (χ0n) is 14.4. The minimum absolute atomic E-state index is 0.116. The van der Waals surface area contributed by atoms with Crippen LogP contribution in [-0.4, -0.2) is 40.2 Å². The first-order chi connectivity index (χ1) is 12.0. The molecule has 6 nitrogen and oxygen atoms in total. The van der Waals surface area contributed by atoms with Crippen molar-refractivity contribution in [2.45, 2.75) is 38.3 Å². The van der Waals surface area contributed by atoms with E-state index in [1.807, 2.05) is 0 Å². The van der Waals surface area contributed by atoms with Crippen LogP contribution in [0, 0.1) is 5.92 Å². The van der Waals surface area contributed by atoms with Crippen LogP contribution in [0.5, 0.6) is 0 Å². The molecule has 2 heterocycles. The molecular formula is C19H24N2O4. The van der Waals surface area contributed by atoms with Gasteiger partial charge in [0.2, 0.25) is 0 Å². The average Bonchev–Trinajstić information content (AvgIpc) is 3.07. The molecular weight excluding hydrogens is 320 g/mol. The third-order valence-electron chi connectivity index (χ3n) is 4.82. The van der Waals surface area contributed by atoms with E-state index in [4.69, 9.17) is 4.42 Å². The summed E-state index contributed by atoms with van der Waals surface area (Å²) < 4.78 is 7.15. The third-order valence-corrected chi connectivity index (χ3v) is 4.82. The Kier molecular flexibility index (Phi) is 5.38. The van der Waals surface area contributed by atoms with Crippen LogP contribution in [0.25, 0.3) is 0 Å². The Hall–Kier alpha value is -2.34. The van der Waals surface area contributed by atoms with Crippen LogP contribution < -0.4 is 5.56 Å². The molecule has 2 aromatic rings. The number of aliphatic hydroxyl groups excluding tert-OH is 1. The van der Waals surface area contributed by atoms with Crippen LogP contribution in [-0.2, 0) is 6.54 Å². The van der Waals surface area contributed by atoms with E-state index in [0.29, 0.717) is 12.3 Å². The van der Waals surface area contributed by atoms with E-state index in [1.165, 1.54) is 10.6 Å². The van der Waals surface area contributed by atoms with Crippen LogP contribution in [0.3, 0.4) is 0 Å². The number of nitrogens with zero attached hydrogens (tertiary/aromatic N) is 2. The number of amides is 1. The van der Waals surface area contributed by atoms with Crippen molar-refractivity contribution >= 4 is 5.91 Å². The van der Waals surface area contributed by atoms with E-state index in [-0.39, 0.29) is 35.8 Å². The molecule has 0 saturated heterocycles. The van der Waals surface area contributed by atoms with Crippen molar-refractivity contribution in [1.82, 2.24) is 9.47 Å². The van der Waals surface area contributed by atoms with E-state index >= 15 is 0 Å². The highest BCUT2D eigenvalue weighted by molar-refractivity contribution is 5.91. The topological polar surface area (TPSA) is 75.7 Å². The lowest BCUT2D eigenvalue weighted by Crippen LogP contribution is -2.37. The van der Waals surface area contributed by atoms with Gasteiger partial charge in [0.25, 0.3) is 11.5 Å². The molecule has 1 aliphatic rings. The fourth-order valence-electron chi connectivity index (χ4n) is 3.36. The van der Waals surface area contributed by atoms with Gasteiger partial charge in [-0.15, -0.1) is 0 Å². The van der Waals surface area contributed by atoms with Crippen molar-refractivity contribution in [2.24, 2.45) is 5.92 Å². The van der Waals surface area contributed by atoms with Crippen LogP contribution in [0.15, 0.2) is 45.7 Å². The van der Waals surface area contributed by atoms with Gasteiger partial charge in [-0.2, -0.15) is 0 Å². The van der Waals surface area contributed by atoms with E-state index in [0.717, 1.165) is 25.7 Å². The molecule has 2 atom stereocenters. The predicted molar refractivity (Wildman–Crippen MR) is 93.4 cm³/mol. The lowest BCUT2D eigenvalue weighted by Gasteiger charge is -2.30. The Labute approximate surface area is 146 Å². The van der Waals surface area contributed by atoms with Crippen molar-refractivity contribution < 1.29 is 14.3 Å². The smallest absolute Gasteiger partial charge is 0.289 e. The summed E-state index contributed by atoms with van der Waals surface area (Å²) in [7, 11) is 1.73. The van der Waals surface area contributed by atoms with Gasteiger partial charge < -0.3 is 19.0 Å². The number of pyridine rings is 1. The summed E-state index contributed by atoms with van der Waals surface area (Å²) in [4.78, 5) is 25.9. The molecule has 3 rings (SSSR count). The molecule has 134 valence electrons. The van der Waals surface area contributed by atoms with Crippen LogP contribution in [0.4, 0.5) is 0 Å². The Balaban J connectivity index is 1.63. The van der Waals surface area contributed by atoms with Gasteiger partial charge in [-0.3, -0.25) is 9.59 Å². The quantitative estimate of drug-likeness (QED) is 0.901. The molecule has 0 aliphatic heterocycles. The number of carbonyl (C=O) groups excluding carboxylic acids is 1. The molecule has 1 fully saturated rings. The summed E-state index contributed by atoms with van der Waals surface area (Å²) in [6, 6.07) is 8.30. The lowest BCUT2D eigenvalue weighted by atomic mass is 9.86. The molecule has 2 unspecified atom stereocenters. The number of aromatic nitrogens is 1. The highest BCUT2D eigenvalue weighted by Crippen LogP contribution is 2.25. The van der Waals surface area contributed by atoms with Gasteiger partial charge in [-0.05, 0) is 31.0 Å². The molecule has 6 heteroatoms. The maximum absolute atomic E-state index is 12.5. The monoisotopic (exact) mass is 344 g/mol. The fraction of sp³-hybridized carbons (Fsp3) is 0.474. The summed E-state index contributed by atoms with van der Waals surface area (Å²) in [6.07, 6.45) is 5.25. The van der Waals surface area contributed by atoms with Crippen molar-refractivity contribution in [3.8, 4) is 0 Å². The minimum Gasteiger partial charge on any atom is -0.454 e. The maximum atomic E-state index is 12.5. The second kappa shape index (κ2) is 7.70. The summed E-state index contributed by atoms with van der Waals surface area (Å²) >= 11 is 0. The highest BCUT2D eigenvalue weighted by atomic mass is 16.4. The Bertz CT molecular complexity index is 779. The molecule has 0 bridgehead atoms. The lowest BCUT2D eigenvalue weighted by molar-refractivity contribution is 0.0436. The molecule has 1 saturated carbocycles. The zero-order chi connectivity index (χ0) is 17.8.